The number of halogens is 1. The molecule has 0 saturated carbocycles. The number of benzene rings is 1. The first kappa shape index (κ1) is 10.2. The van der Waals surface area contributed by atoms with Gasteiger partial charge in [0.25, 0.3) is 0 Å². The highest BCUT2D eigenvalue weighted by molar-refractivity contribution is 9.10. The molecule has 1 heterocycles. The molecule has 0 aliphatic carbocycles. The molecule has 2 rings (SSSR count). The number of aryl methyl sites for hydroxylation is 2. The third-order valence-electron chi connectivity index (χ3n) is 3.05. The quantitative estimate of drug-likeness (QED) is 0.811. The molecule has 1 aromatic rings. The van der Waals surface area contributed by atoms with Crippen LogP contribution in [0.2, 0.25) is 0 Å². The molecule has 0 aromatic heterocycles. The lowest BCUT2D eigenvalue weighted by Gasteiger charge is -2.14. The van der Waals surface area contributed by atoms with Crippen LogP contribution in [0.15, 0.2) is 16.6 Å². The van der Waals surface area contributed by atoms with Crippen LogP contribution in [-0.4, -0.2) is 13.1 Å². The van der Waals surface area contributed by atoms with Crippen LogP contribution in [0, 0.1) is 13.8 Å². The summed E-state index contributed by atoms with van der Waals surface area (Å²) in [5.74, 6) is 0.724. The zero-order valence-corrected chi connectivity index (χ0v) is 10.3. The molecule has 0 bridgehead atoms. The van der Waals surface area contributed by atoms with Gasteiger partial charge in [0.15, 0.2) is 0 Å². The van der Waals surface area contributed by atoms with Crippen LogP contribution < -0.4 is 5.32 Å². The van der Waals surface area contributed by atoms with E-state index in [-0.39, 0.29) is 0 Å². The van der Waals surface area contributed by atoms with E-state index >= 15 is 0 Å². The van der Waals surface area contributed by atoms with E-state index in [1.54, 1.807) is 0 Å². The molecule has 1 fully saturated rings. The molecule has 0 amide bonds. The monoisotopic (exact) mass is 253 g/mol. The number of rotatable bonds is 1. The van der Waals surface area contributed by atoms with Crippen molar-refractivity contribution in [1.82, 2.24) is 5.32 Å². The molecule has 1 aliphatic rings. The Balaban J connectivity index is 2.37. The summed E-state index contributed by atoms with van der Waals surface area (Å²) in [6, 6.07) is 4.57. The van der Waals surface area contributed by atoms with Gasteiger partial charge in [0.2, 0.25) is 0 Å². The largest absolute Gasteiger partial charge is 0.316 e. The van der Waals surface area contributed by atoms with Gasteiger partial charge >= 0.3 is 0 Å². The van der Waals surface area contributed by atoms with Crippen molar-refractivity contribution in [1.29, 1.82) is 0 Å². The summed E-state index contributed by atoms with van der Waals surface area (Å²) in [5, 5.41) is 3.42. The highest BCUT2D eigenvalue weighted by Crippen LogP contribution is 2.29. The van der Waals surface area contributed by atoms with E-state index < -0.39 is 0 Å². The second-order valence-electron chi connectivity index (χ2n) is 4.15. The SMILES string of the molecule is Cc1cc(C2CCNC2)c(C)cc1Br. The second kappa shape index (κ2) is 4.03. The Labute approximate surface area is 94.0 Å². The van der Waals surface area contributed by atoms with Crippen LogP contribution in [0.1, 0.15) is 29.0 Å². The zero-order chi connectivity index (χ0) is 10.1. The summed E-state index contributed by atoms with van der Waals surface area (Å²) in [6.45, 7) is 6.67. The topological polar surface area (TPSA) is 12.0 Å². The molecule has 1 N–H and O–H groups in total. The first-order valence-corrected chi connectivity index (χ1v) is 5.95. The van der Waals surface area contributed by atoms with E-state index in [1.165, 1.54) is 34.1 Å². The Morgan fingerprint density at radius 1 is 1.29 bits per heavy atom. The minimum Gasteiger partial charge on any atom is -0.316 e. The molecule has 1 aliphatic heterocycles. The smallest absolute Gasteiger partial charge is 0.0207 e. The summed E-state index contributed by atoms with van der Waals surface area (Å²) in [4.78, 5) is 0. The summed E-state index contributed by atoms with van der Waals surface area (Å²) >= 11 is 3.57. The van der Waals surface area contributed by atoms with Gasteiger partial charge in [0.1, 0.15) is 0 Å². The Bertz CT molecular complexity index is 340. The maximum absolute atomic E-state index is 3.57. The lowest BCUT2D eigenvalue weighted by molar-refractivity contribution is 0.756. The Morgan fingerprint density at radius 2 is 2.07 bits per heavy atom. The van der Waals surface area contributed by atoms with Gasteiger partial charge in [-0.15, -0.1) is 0 Å². The molecule has 1 aromatic carbocycles. The van der Waals surface area contributed by atoms with Gasteiger partial charge in [-0.1, -0.05) is 22.0 Å². The molecular formula is C12H16BrN. The van der Waals surface area contributed by atoms with Crippen molar-refractivity contribution in [2.75, 3.05) is 13.1 Å². The lowest BCUT2D eigenvalue weighted by Crippen LogP contribution is -2.09. The van der Waals surface area contributed by atoms with Crippen molar-refractivity contribution in [2.45, 2.75) is 26.2 Å². The zero-order valence-electron chi connectivity index (χ0n) is 8.73. The standard InChI is InChI=1S/C12H16BrN/c1-8-6-12(13)9(2)5-11(8)10-3-4-14-7-10/h5-6,10,14H,3-4,7H2,1-2H3. The van der Waals surface area contributed by atoms with E-state index in [0.717, 1.165) is 12.5 Å². The van der Waals surface area contributed by atoms with Crippen LogP contribution in [0.4, 0.5) is 0 Å². The van der Waals surface area contributed by atoms with E-state index in [0.29, 0.717) is 0 Å². The first-order chi connectivity index (χ1) is 6.68. The van der Waals surface area contributed by atoms with Crippen LogP contribution >= 0.6 is 15.9 Å². The van der Waals surface area contributed by atoms with Crippen molar-refractivity contribution in [3.8, 4) is 0 Å². The molecule has 1 unspecified atom stereocenters. The van der Waals surface area contributed by atoms with Crippen molar-refractivity contribution in [2.24, 2.45) is 0 Å². The maximum Gasteiger partial charge on any atom is 0.0207 e. The fraction of sp³-hybridized carbons (Fsp3) is 0.500. The van der Waals surface area contributed by atoms with Gasteiger partial charge in [0.05, 0.1) is 0 Å². The van der Waals surface area contributed by atoms with Crippen molar-refractivity contribution >= 4 is 15.9 Å². The van der Waals surface area contributed by atoms with Gasteiger partial charge in [-0.25, -0.2) is 0 Å². The molecule has 0 radical (unpaired) electrons. The van der Waals surface area contributed by atoms with Crippen molar-refractivity contribution in [3.63, 3.8) is 0 Å². The van der Waals surface area contributed by atoms with Crippen molar-refractivity contribution < 1.29 is 0 Å². The van der Waals surface area contributed by atoms with Gasteiger partial charge in [-0.3, -0.25) is 0 Å². The maximum atomic E-state index is 3.57. The third kappa shape index (κ3) is 1.86. The fourth-order valence-electron chi connectivity index (χ4n) is 2.16. The summed E-state index contributed by atoms with van der Waals surface area (Å²) in [7, 11) is 0. The number of hydrogen-bond donors (Lipinski definition) is 1. The highest BCUT2D eigenvalue weighted by Gasteiger charge is 2.18. The molecular weight excluding hydrogens is 238 g/mol. The normalized spacial score (nSPS) is 21.5. The predicted octanol–water partition coefficient (Wildman–Crippen LogP) is 3.14. The van der Waals surface area contributed by atoms with Gasteiger partial charge in [-0.05, 0) is 55.5 Å². The molecule has 76 valence electrons. The van der Waals surface area contributed by atoms with Gasteiger partial charge < -0.3 is 5.32 Å². The fourth-order valence-corrected chi connectivity index (χ4v) is 2.62. The molecule has 1 atom stereocenters. The summed E-state index contributed by atoms with van der Waals surface area (Å²) < 4.78 is 1.23. The van der Waals surface area contributed by atoms with E-state index in [1.807, 2.05) is 0 Å². The summed E-state index contributed by atoms with van der Waals surface area (Å²) in [5.41, 5.74) is 4.28. The Morgan fingerprint density at radius 3 is 2.71 bits per heavy atom. The van der Waals surface area contributed by atoms with Gasteiger partial charge in [0, 0.05) is 11.0 Å². The van der Waals surface area contributed by atoms with Crippen LogP contribution in [-0.2, 0) is 0 Å². The lowest BCUT2D eigenvalue weighted by atomic mass is 9.93. The van der Waals surface area contributed by atoms with E-state index in [2.05, 4.69) is 47.2 Å². The van der Waals surface area contributed by atoms with Gasteiger partial charge in [-0.2, -0.15) is 0 Å². The number of hydrogen-bond acceptors (Lipinski definition) is 1. The molecule has 1 saturated heterocycles. The minimum absolute atomic E-state index is 0.724. The number of nitrogens with one attached hydrogen (secondary N) is 1. The van der Waals surface area contributed by atoms with Crippen LogP contribution in [0.3, 0.4) is 0 Å². The molecule has 2 heteroatoms. The second-order valence-corrected chi connectivity index (χ2v) is 5.00. The average molecular weight is 254 g/mol. The first-order valence-electron chi connectivity index (χ1n) is 5.16. The van der Waals surface area contributed by atoms with Crippen LogP contribution in [0.25, 0.3) is 0 Å². The summed E-state index contributed by atoms with van der Waals surface area (Å²) in [6.07, 6.45) is 1.28. The minimum atomic E-state index is 0.724. The van der Waals surface area contributed by atoms with Crippen LogP contribution in [0.5, 0.6) is 0 Å². The molecule has 1 nitrogen and oxygen atoms in total. The predicted molar refractivity (Wildman–Crippen MR) is 63.8 cm³/mol. The average Bonchev–Trinajstić information content (AvgIpc) is 2.64. The molecule has 14 heavy (non-hydrogen) atoms. The van der Waals surface area contributed by atoms with E-state index in [4.69, 9.17) is 0 Å². The van der Waals surface area contributed by atoms with Crippen molar-refractivity contribution in [3.05, 3.63) is 33.3 Å². The molecule has 0 spiro atoms. The Kier molecular flexibility index (Phi) is 2.93. The third-order valence-corrected chi connectivity index (χ3v) is 3.90. The Hall–Kier alpha value is -0.340. The highest BCUT2D eigenvalue weighted by atomic mass is 79.9. The van der Waals surface area contributed by atoms with E-state index in [9.17, 15) is 0 Å².